The van der Waals surface area contributed by atoms with E-state index in [0.29, 0.717) is 79.8 Å². The van der Waals surface area contributed by atoms with Crippen LogP contribution in [0.25, 0.3) is 0 Å². The van der Waals surface area contributed by atoms with Gasteiger partial charge in [-0.3, -0.25) is 19.2 Å². The van der Waals surface area contributed by atoms with Crippen molar-refractivity contribution in [2.45, 2.75) is 179 Å². The van der Waals surface area contributed by atoms with Gasteiger partial charge in [-0.25, -0.2) is 40.7 Å². The number of amides is 6. The van der Waals surface area contributed by atoms with Gasteiger partial charge in [-0.15, -0.1) is 23.2 Å². The molecule has 2 saturated carbocycles. The smallest absolute Gasteiger partial charge is 0.428 e. The van der Waals surface area contributed by atoms with E-state index in [1.54, 1.807) is 91.0 Å². The van der Waals surface area contributed by atoms with Gasteiger partial charge in [-0.2, -0.15) is 52.7 Å². The van der Waals surface area contributed by atoms with E-state index in [-0.39, 0.29) is 96.5 Å². The number of nitrogens with zero attached hydrogens (tertiary/aromatic N) is 1. The molecule has 9 aromatic rings. The number of allylic oxidation sites excluding steroid dienone is 2. The Kier molecular flexibility index (Phi) is 44.8. The Hall–Kier alpha value is -11.6. The molecule has 732 valence electrons. The molecular weight excluding hydrogens is 1900 g/mol. The number of aliphatic hydroxyl groups excluding tert-OH is 1. The summed E-state index contributed by atoms with van der Waals surface area (Å²) in [4.78, 5) is 85.2. The lowest BCUT2D eigenvalue weighted by atomic mass is 9.77. The zero-order chi connectivity index (χ0) is 98.2. The molecule has 0 aromatic heterocycles. The zero-order valence-electron chi connectivity index (χ0n) is 70.7. The van der Waals surface area contributed by atoms with Gasteiger partial charge in [0, 0.05) is 50.3 Å². The van der Waals surface area contributed by atoms with Gasteiger partial charge in [0.2, 0.25) is 0 Å². The number of hydrogen-bond acceptors (Lipinski definition) is 12. The molecule has 12 rings (SSSR count). The van der Waals surface area contributed by atoms with Gasteiger partial charge in [-0.05, 0) is 204 Å². The molecule has 3 aliphatic rings. The monoisotopic (exact) mass is 1990 g/mol. The average molecular weight is 2000 g/mol. The van der Waals surface area contributed by atoms with Gasteiger partial charge >= 0.3 is 66.2 Å². The number of rotatable bonds is 31. The molecule has 6 atom stereocenters. The first kappa shape index (κ1) is 114. The molecule has 135 heavy (non-hydrogen) atoms. The van der Waals surface area contributed by atoms with E-state index < -0.39 is 153 Å². The molecule has 0 unspecified atom stereocenters. The van der Waals surface area contributed by atoms with Crippen molar-refractivity contribution in [1.82, 2.24) is 36.8 Å². The van der Waals surface area contributed by atoms with Crippen LogP contribution in [0.5, 0.6) is 17.2 Å². The Bertz CT molecular complexity index is 5340. The van der Waals surface area contributed by atoms with Crippen LogP contribution in [-0.4, -0.2) is 131 Å². The number of nitrogens with one attached hydrogen (secondary N) is 6. The Morgan fingerprint density at radius 3 is 1.00 bits per heavy atom. The molecule has 0 heterocycles. The summed E-state index contributed by atoms with van der Waals surface area (Å²) in [7, 11) is 0. The fraction of sp³-hybridized carbons (Fsp3) is 0.337. The van der Waals surface area contributed by atoms with Crippen LogP contribution in [0, 0.1) is 34.9 Å². The van der Waals surface area contributed by atoms with Crippen molar-refractivity contribution in [2.75, 3.05) is 25.0 Å². The minimum atomic E-state index is -4.93. The molecule has 0 radical (unpaired) electrons. The van der Waals surface area contributed by atoms with E-state index in [0.717, 1.165) is 72.8 Å². The molecule has 18 nitrogen and oxygen atoms in total. The summed E-state index contributed by atoms with van der Waals surface area (Å²) in [5.74, 6) is -8.40. The number of carbonyl (C=O) groups is 7. The Morgan fingerprint density at radius 1 is 0.422 bits per heavy atom. The first-order valence-electron chi connectivity index (χ1n) is 40.7. The third-order valence-electron chi connectivity index (χ3n) is 20.7. The van der Waals surface area contributed by atoms with Crippen LogP contribution in [0.1, 0.15) is 137 Å². The summed E-state index contributed by atoms with van der Waals surface area (Å²) in [5, 5.41) is 24.0. The van der Waals surface area contributed by atoms with E-state index in [1.807, 2.05) is 0 Å². The normalized spacial score (nSPS) is 15.8. The van der Waals surface area contributed by atoms with Crippen molar-refractivity contribution in [2.24, 2.45) is 0 Å². The first-order chi connectivity index (χ1) is 62.8. The number of halogens is 22. The highest BCUT2D eigenvalue weighted by Gasteiger charge is 2.49. The number of urea groups is 3. The highest BCUT2D eigenvalue weighted by Crippen LogP contribution is 2.43. The van der Waals surface area contributed by atoms with Crippen molar-refractivity contribution in [1.29, 1.82) is 0 Å². The topological polar surface area (TPSA) is 243 Å². The highest BCUT2D eigenvalue weighted by atomic mass is 35.5. The predicted molar refractivity (Wildman–Crippen MR) is 475 cm³/mol. The van der Waals surface area contributed by atoms with Gasteiger partial charge in [0.05, 0.1) is 45.8 Å². The zero-order valence-corrected chi connectivity index (χ0v) is 73.7. The molecule has 0 bridgehead atoms. The molecule has 9 aromatic carbocycles. The molecule has 7 N–H and O–H groups in total. The first-order valence-corrected chi connectivity index (χ1v) is 42.5. The summed E-state index contributed by atoms with van der Waals surface area (Å²) in [6.07, 6.45) is -23.3. The van der Waals surface area contributed by atoms with E-state index in [4.69, 9.17) is 23.2 Å². The maximum Gasteiger partial charge on any atom is 0.461 e. The summed E-state index contributed by atoms with van der Waals surface area (Å²) in [6.45, 7) is 10.1. The van der Waals surface area contributed by atoms with Crippen molar-refractivity contribution in [3.8, 4) is 17.2 Å². The van der Waals surface area contributed by atoms with Crippen molar-refractivity contribution in [3.63, 3.8) is 0 Å². The van der Waals surface area contributed by atoms with Crippen molar-refractivity contribution >= 4 is 86.5 Å². The van der Waals surface area contributed by atoms with E-state index >= 15 is 0 Å². The van der Waals surface area contributed by atoms with Crippen LogP contribution in [-0.2, 0) is 55.1 Å². The molecule has 2 fully saturated rings. The molecule has 3 aliphatic carbocycles. The second-order valence-electron chi connectivity index (χ2n) is 29.8. The SMILES string of the molecule is C.C.CCN(CC)CC.ClCCl.O=C(Cl)C(=O)Cl.O=C(NC1=CCCC1=O)N[C@](Cc1ccccc1)(c1ccc(F)cc1)c1cc(F)cc(OC(F)(F)C(F)F)c1.O=C(N[C@@H]1CCCC1=O)N[C@](Cc1ccccc1)(c1ccc(F)cc1)c1cc(F)cc(OC(F)(F)C(F)F)c1.O=C(N[C@@H]1CCC[C@H]1O)N[C@](Cc1ccccc1)(c1ccc(F)cc1)c1cc(F)cc(OC(F)(F)C(F)F)c1. The maximum absolute atomic E-state index is 14.8. The van der Waals surface area contributed by atoms with Crippen LogP contribution in [0.4, 0.5) is 93.4 Å². The van der Waals surface area contributed by atoms with E-state index in [1.165, 1.54) is 62.1 Å². The minimum Gasteiger partial charge on any atom is -0.428 e. The molecule has 0 saturated heterocycles. The summed E-state index contributed by atoms with van der Waals surface area (Å²) in [5.41, 5.74) is -3.17. The lowest BCUT2D eigenvalue weighted by Crippen LogP contribution is -2.55. The lowest BCUT2D eigenvalue weighted by Gasteiger charge is -2.37. The van der Waals surface area contributed by atoms with Crippen molar-refractivity contribution in [3.05, 3.63) is 315 Å². The van der Waals surface area contributed by atoms with Gasteiger partial charge in [-0.1, -0.05) is 169 Å². The van der Waals surface area contributed by atoms with Gasteiger partial charge in [0.25, 0.3) is 0 Å². The second kappa shape index (κ2) is 53.1. The lowest BCUT2D eigenvalue weighted by molar-refractivity contribution is -0.253. The molecule has 40 heteroatoms. The highest BCUT2D eigenvalue weighted by molar-refractivity contribution is 6.97. The summed E-state index contributed by atoms with van der Waals surface area (Å²) < 4.78 is 258. The Labute approximate surface area is 787 Å². The minimum absolute atomic E-state index is 0. The van der Waals surface area contributed by atoms with Crippen LogP contribution in [0.2, 0.25) is 0 Å². The van der Waals surface area contributed by atoms with Crippen molar-refractivity contribution < 1.29 is 132 Å². The molecular formula is C95H97Cl4F18N7O11. The predicted octanol–water partition coefficient (Wildman–Crippen LogP) is 22.8. The number of aliphatic hydroxyl groups is 1. The number of ketones is 2. The van der Waals surface area contributed by atoms with Crippen LogP contribution in [0.3, 0.4) is 0 Å². The van der Waals surface area contributed by atoms with Gasteiger partial charge in [0.15, 0.2) is 11.6 Å². The number of hydrogen-bond donors (Lipinski definition) is 7. The van der Waals surface area contributed by atoms with Crippen LogP contribution >= 0.6 is 46.4 Å². The van der Waals surface area contributed by atoms with E-state index in [2.05, 4.69) is 95.0 Å². The standard InChI is InChI=1S/C28H26F6N2O3.C28H24F6N2O3.C28H22F6N2O3.C6H15N.C2Cl2O2.CH2Cl2.2CH4/c3*29-20-11-9-18(10-12-20)27(16-17-5-2-1-3-6-17,36-26(38)35-23-7-4-8-24(23)37)19-13-21(30)15-22(14-19)39-28(33,34)25(31)32;1-4-7(5-2)6-3;3-1(5)2(4)6;2-1-3;;/h1-3,5-6,9-15,23-25,37H,4,7-8,16H2,(H2,35,36,38);1-3,5-6,9-15,23,25H,4,7-8,16H2,(H2,35,36,38);1-3,5-7,9-15,25H,4,8,16H2,(H2,35,36,38);4-6H2,1-3H3;;1H2;2*1H4/t23-,24-,27-;23-,27-;27-;;;;;/m111...../s1. The number of benzene rings is 9. The number of alkyl halides is 14. The number of carbonyl (C=O) groups excluding carboxylic acids is 7. The summed E-state index contributed by atoms with van der Waals surface area (Å²) in [6, 6.07) is 43.3. The molecule has 6 amide bonds. The molecule has 0 aliphatic heterocycles. The van der Waals surface area contributed by atoms with Gasteiger partial charge < -0.3 is 56.1 Å². The van der Waals surface area contributed by atoms with Gasteiger partial charge in [0.1, 0.15) is 52.2 Å². The number of Topliss-reactive ketones (excluding diaryl/α,β-unsaturated/α-hetero) is 2. The quantitative estimate of drug-likeness (QED) is 0.00929. The largest absolute Gasteiger partial charge is 0.461 e. The maximum atomic E-state index is 14.8. The third kappa shape index (κ3) is 33.7. The Morgan fingerprint density at radius 2 is 0.741 bits per heavy atom. The fourth-order valence-electron chi connectivity index (χ4n) is 14.4. The average Bonchev–Trinajstić information content (AvgIpc) is 1.35. The fourth-order valence-corrected chi connectivity index (χ4v) is 14.4. The van der Waals surface area contributed by atoms with Crippen LogP contribution in [0.15, 0.2) is 230 Å². The molecule has 0 spiro atoms. The Balaban J connectivity index is 0.000000327. The number of ether oxygens (including phenoxy) is 3. The summed E-state index contributed by atoms with van der Waals surface area (Å²) >= 11 is 18.5. The third-order valence-corrected chi connectivity index (χ3v) is 21.2. The van der Waals surface area contributed by atoms with Crippen LogP contribution < -0.4 is 46.1 Å². The second-order valence-corrected chi connectivity index (χ2v) is 31.3. The van der Waals surface area contributed by atoms with E-state index in [9.17, 15) is 118 Å².